The van der Waals surface area contributed by atoms with Gasteiger partial charge >= 0.3 is 0 Å². The number of benzene rings is 1. The SMILES string of the molecule is CC(C)(C)c1ccc(CN2C(=O)COc3cccnc32)cc1. The summed E-state index contributed by atoms with van der Waals surface area (Å²) in [6, 6.07) is 12.0. The van der Waals surface area contributed by atoms with Crippen LogP contribution in [0.4, 0.5) is 5.82 Å². The molecule has 1 aliphatic heterocycles. The number of hydrogen-bond donors (Lipinski definition) is 0. The molecule has 0 atom stereocenters. The maximum Gasteiger partial charge on any atom is 0.266 e. The molecule has 3 rings (SSSR count). The van der Waals surface area contributed by atoms with Crippen LogP contribution in [0.1, 0.15) is 31.9 Å². The topological polar surface area (TPSA) is 42.4 Å². The van der Waals surface area contributed by atoms with Gasteiger partial charge in [-0.05, 0) is 28.7 Å². The molecule has 0 N–H and O–H groups in total. The molecule has 114 valence electrons. The Bertz CT molecular complexity index is 687. The van der Waals surface area contributed by atoms with Gasteiger partial charge in [0.25, 0.3) is 5.91 Å². The molecule has 4 heteroatoms. The lowest BCUT2D eigenvalue weighted by atomic mass is 9.87. The van der Waals surface area contributed by atoms with Crippen molar-refractivity contribution in [3.63, 3.8) is 0 Å². The minimum atomic E-state index is -0.0638. The average Bonchev–Trinajstić information content (AvgIpc) is 2.50. The molecule has 4 nitrogen and oxygen atoms in total. The van der Waals surface area contributed by atoms with E-state index in [1.165, 1.54) is 5.56 Å². The molecule has 0 saturated carbocycles. The number of nitrogens with zero attached hydrogens (tertiary/aromatic N) is 2. The lowest BCUT2D eigenvalue weighted by molar-refractivity contribution is -0.121. The van der Waals surface area contributed by atoms with Gasteiger partial charge in [0.2, 0.25) is 0 Å². The van der Waals surface area contributed by atoms with Gasteiger partial charge in [-0.3, -0.25) is 9.69 Å². The van der Waals surface area contributed by atoms with Gasteiger partial charge < -0.3 is 4.74 Å². The summed E-state index contributed by atoms with van der Waals surface area (Å²) in [4.78, 5) is 18.1. The highest BCUT2D eigenvalue weighted by Crippen LogP contribution is 2.30. The quantitative estimate of drug-likeness (QED) is 0.854. The van der Waals surface area contributed by atoms with Crippen LogP contribution in [0.3, 0.4) is 0 Å². The van der Waals surface area contributed by atoms with Crippen LogP contribution in [-0.4, -0.2) is 17.5 Å². The lowest BCUT2D eigenvalue weighted by Crippen LogP contribution is -2.38. The van der Waals surface area contributed by atoms with E-state index in [0.29, 0.717) is 18.1 Å². The largest absolute Gasteiger partial charge is 0.480 e. The zero-order valence-corrected chi connectivity index (χ0v) is 13.2. The molecule has 1 aromatic carbocycles. The Hall–Kier alpha value is -2.36. The maximum absolute atomic E-state index is 12.1. The van der Waals surface area contributed by atoms with Crippen molar-refractivity contribution in [2.45, 2.75) is 32.7 Å². The Kier molecular flexibility index (Phi) is 3.61. The Balaban J connectivity index is 1.85. The summed E-state index contributed by atoms with van der Waals surface area (Å²) >= 11 is 0. The van der Waals surface area contributed by atoms with Crippen molar-refractivity contribution in [2.75, 3.05) is 11.5 Å². The Morgan fingerprint density at radius 2 is 1.91 bits per heavy atom. The third-order valence-corrected chi connectivity index (χ3v) is 3.82. The Morgan fingerprint density at radius 1 is 1.18 bits per heavy atom. The molecular weight excluding hydrogens is 276 g/mol. The molecular formula is C18H20N2O2. The Morgan fingerprint density at radius 3 is 2.59 bits per heavy atom. The number of carbonyl (C=O) groups excluding carboxylic acids is 1. The summed E-state index contributed by atoms with van der Waals surface area (Å²) in [7, 11) is 0. The van der Waals surface area contributed by atoms with Gasteiger partial charge in [0.05, 0.1) is 6.54 Å². The highest BCUT2D eigenvalue weighted by atomic mass is 16.5. The number of ether oxygens (including phenoxy) is 1. The number of anilines is 1. The number of amides is 1. The van der Waals surface area contributed by atoms with Crippen LogP contribution in [0.25, 0.3) is 0 Å². The van der Waals surface area contributed by atoms with E-state index in [-0.39, 0.29) is 17.9 Å². The first kappa shape index (κ1) is 14.6. The summed E-state index contributed by atoms with van der Waals surface area (Å²) in [5, 5.41) is 0. The molecule has 1 aliphatic rings. The van der Waals surface area contributed by atoms with Crippen molar-refractivity contribution in [1.29, 1.82) is 0 Å². The summed E-state index contributed by atoms with van der Waals surface area (Å²) in [5.41, 5.74) is 2.49. The van der Waals surface area contributed by atoms with Gasteiger partial charge in [0, 0.05) is 6.20 Å². The number of pyridine rings is 1. The standard InChI is InChI=1S/C18H20N2O2/c1-18(2,3)14-8-6-13(7-9-14)11-20-16(21)12-22-15-5-4-10-19-17(15)20/h4-10H,11-12H2,1-3H3. The van der Waals surface area contributed by atoms with Gasteiger partial charge in [0.15, 0.2) is 18.2 Å². The second-order valence-electron chi connectivity index (χ2n) is 6.54. The third kappa shape index (κ3) is 2.82. The van der Waals surface area contributed by atoms with Crippen LogP contribution in [0, 0.1) is 0 Å². The van der Waals surface area contributed by atoms with E-state index in [9.17, 15) is 4.79 Å². The van der Waals surface area contributed by atoms with Crippen molar-refractivity contribution in [3.8, 4) is 5.75 Å². The fourth-order valence-electron chi connectivity index (χ4n) is 2.49. The molecule has 1 aromatic heterocycles. The number of carbonyl (C=O) groups is 1. The van der Waals surface area contributed by atoms with Crippen LogP contribution in [0.15, 0.2) is 42.6 Å². The molecule has 2 aromatic rings. The second-order valence-corrected chi connectivity index (χ2v) is 6.54. The number of hydrogen-bond acceptors (Lipinski definition) is 3. The first-order chi connectivity index (χ1) is 10.4. The van der Waals surface area contributed by atoms with Gasteiger partial charge in [-0.25, -0.2) is 4.98 Å². The molecule has 2 heterocycles. The molecule has 0 fully saturated rings. The first-order valence-corrected chi connectivity index (χ1v) is 7.43. The zero-order valence-electron chi connectivity index (χ0n) is 13.2. The van der Waals surface area contributed by atoms with Crippen molar-refractivity contribution >= 4 is 11.7 Å². The fraction of sp³-hybridized carbons (Fsp3) is 0.333. The van der Waals surface area contributed by atoms with E-state index >= 15 is 0 Å². The number of fused-ring (bicyclic) bond motifs is 1. The monoisotopic (exact) mass is 296 g/mol. The third-order valence-electron chi connectivity index (χ3n) is 3.82. The minimum Gasteiger partial charge on any atom is -0.480 e. The fourth-order valence-corrected chi connectivity index (χ4v) is 2.49. The lowest BCUT2D eigenvalue weighted by Gasteiger charge is -2.28. The van der Waals surface area contributed by atoms with Crippen molar-refractivity contribution in [3.05, 3.63) is 53.7 Å². The highest BCUT2D eigenvalue weighted by molar-refractivity contribution is 5.96. The van der Waals surface area contributed by atoms with E-state index in [1.807, 2.05) is 12.1 Å². The molecule has 0 unspecified atom stereocenters. The van der Waals surface area contributed by atoms with E-state index in [0.717, 1.165) is 5.56 Å². The summed E-state index contributed by atoms with van der Waals surface area (Å²) in [6.45, 7) is 7.14. The van der Waals surface area contributed by atoms with Gasteiger partial charge in [0.1, 0.15) is 0 Å². The van der Waals surface area contributed by atoms with Gasteiger partial charge in [-0.15, -0.1) is 0 Å². The molecule has 1 amide bonds. The highest BCUT2D eigenvalue weighted by Gasteiger charge is 2.26. The minimum absolute atomic E-state index is 0.0638. The van der Waals surface area contributed by atoms with Crippen molar-refractivity contribution in [2.24, 2.45) is 0 Å². The van der Waals surface area contributed by atoms with E-state index < -0.39 is 0 Å². The first-order valence-electron chi connectivity index (χ1n) is 7.43. The van der Waals surface area contributed by atoms with E-state index in [1.54, 1.807) is 11.1 Å². The van der Waals surface area contributed by atoms with Crippen LogP contribution in [0.2, 0.25) is 0 Å². The molecule has 0 spiro atoms. The Labute approximate surface area is 130 Å². The van der Waals surface area contributed by atoms with E-state index in [4.69, 9.17) is 4.74 Å². The van der Waals surface area contributed by atoms with Crippen molar-refractivity contribution in [1.82, 2.24) is 4.98 Å². The molecule has 0 radical (unpaired) electrons. The molecule has 22 heavy (non-hydrogen) atoms. The summed E-state index contributed by atoms with van der Waals surface area (Å²) in [6.07, 6.45) is 1.68. The maximum atomic E-state index is 12.1. The predicted octanol–water partition coefficient (Wildman–Crippen LogP) is 3.30. The summed E-state index contributed by atoms with van der Waals surface area (Å²) in [5.74, 6) is 1.19. The summed E-state index contributed by atoms with van der Waals surface area (Å²) < 4.78 is 5.41. The van der Waals surface area contributed by atoms with E-state index in [2.05, 4.69) is 50.0 Å². The number of aromatic nitrogens is 1. The van der Waals surface area contributed by atoms with Gasteiger partial charge in [-0.1, -0.05) is 45.0 Å². The molecule has 0 bridgehead atoms. The normalized spacial score (nSPS) is 14.5. The van der Waals surface area contributed by atoms with Crippen LogP contribution < -0.4 is 9.64 Å². The molecule has 0 aliphatic carbocycles. The smallest absolute Gasteiger partial charge is 0.266 e. The molecule has 0 saturated heterocycles. The van der Waals surface area contributed by atoms with Crippen LogP contribution >= 0.6 is 0 Å². The number of rotatable bonds is 2. The average molecular weight is 296 g/mol. The van der Waals surface area contributed by atoms with Crippen LogP contribution in [-0.2, 0) is 16.8 Å². The van der Waals surface area contributed by atoms with Gasteiger partial charge in [-0.2, -0.15) is 0 Å². The zero-order chi connectivity index (χ0) is 15.7. The second kappa shape index (κ2) is 5.44. The van der Waals surface area contributed by atoms with Crippen LogP contribution in [0.5, 0.6) is 5.75 Å². The predicted molar refractivity (Wildman–Crippen MR) is 86.1 cm³/mol. The van der Waals surface area contributed by atoms with Crippen molar-refractivity contribution < 1.29 is 9.53 Å².